The monoisotopic (exact) mass is 245 g/mol. The van der Waals surface area contributed by atoms with Crippen molar-refractivity contribution in [3.63, 3.8) is 0 Å². The van der Waals surface area contributed by atoms with E-state index in [1.54, 1.807) is 12.1 Å². The summed E-state index contributed by atoms with van der Waals surface area (Å²) in [6, 6.07) is 4.59. The summed E-state index contributed by atoms with van der Waals surface area (Å²) in [4.78, 5) is 11.2. The van der Waals surface area contributed by atoms with E-state index in [-0.39, 0.29) is 5.56 Å². The molecule has 0 bridgehead atoms. The van der Waals surface area contributed by atoms with Crippen LogP contribution in [0.4, 0.5) is 5.69 Å². The highest BCUT2D eigenvalue weighted by Crippen LogP contribution is 2.39. The first-order valence-electron chi connectivity index (χ1n) is 5.58. The Bertz CT molecular complexity index is 618. The number of hydrogen-bond acceptors (Lipinski definition) is 5. The molecule has 0 aliphatic heterocycles. The van der Waals surface area contributed by atoms with Crippen molar-refractivity contribution in [2.45, 2.75) is 18.8 Å². The van der Waals surface area contributed by atoms with Gasteiger partial charge in [-0.1, -0.05) is 0 Å². The smallest absolute Gasteiger partial charge is 0.337 e. The number of nitrogens with two attached hydrogens (primary N) is 1. The standard InChI is InChI=1S/C11H11N5O2/c12-7-3-4-8(11(17)18)9(5-7)16-10(6-1-2-6)13-14-15-16/h3-6H,1-2,12H2,(H,17,18). The molecule has 3 N–H and O–H groups in total. The van der Waals surface area contributed by atoms with Crippen LogP contribution < -0.4 is 5.73 Å². The second-order valence-corrected chi connectivity index (χ2v) is 4.30. The third-order valence-corrected chi connectivity index (χ3v) is 2.92. The fraction of sp³-hybridized carbons (Fsp3) is 0.273. The first kappa shape index (κ1) is 10.7. The van der Waals surface area contributed by atoms with Crippen molar-refractivity contribution < 1.29 is 9.90 Å². The van der Waals surface area contributed by atoms with Gasteiger partial charge in [0.15, 0.2) is 5.82 Å². The van der Waals surface area contributed by atoms with Gasteiger partial charge in [-0.15, -0.1) is 5.10 Å². The maximum atomic E-state index is 11.2. The van der Waals surface area contributed by atoms with Crippen molar-refractivity contribution >= 4 is 11.7 Å². The Kier molecular flexibility index (Phi) is 2.26. The molecule has 0 saturated heterocycles. The quantitative estimate of drug-likeness (QED) is 0.775. The number of tetrazole rings is 1. The van der Waals surface area contributed by atoms with Crippen LogP contribution in [0.3, 0.4) is 0 Å². The van der Waals surface area contributed by atoms with Crippen molar-refractivity contribution in [1.82, 2.24) is 20.2 Å². The van der Waals surface area contributed by atoms with E-state index >= 15 is 0 Å². The first-order valence-corrected chi connectivity index (χ1v) is 5.58. The minimum atomic E-state index is -1.03. The molecule has 0 amide bonds. The third-order valence-electron chi connectivity index (χ3n) is 2.92. The topological polar surface area (TPSA) is 107 Å². The van der Waals surface area contributed by atoms with Gasteiger partial charge in [0.25, 0.3) is 0 Å². The fourth-order valence-corrected chi connectivity index (χ4v) is 1.87. The lowest BCUT2D eigenvalue weighted by Crippen LogP contribution is -2.10. The van der Waals surface area contributed by atoms with Gasteiger partial charge in [-0.05, 0) is 41.5 Å². The van der Waals surface area contributed by atoms with Crippen molar-refractivity contribution in [3.8, 4) is 5.69 Å². The molecule has 7 heteroatoms. The van der Waals surface area contributed by atoms with E-state index < -0.39 is 5.97 Å². The first-order chi connectivity index (χ1) is 8.66. The summed E-state index contributed by atoms with van der Waals surface area (Å²) >= 11 is 0. The van der Waals surface area contributed by atoms with Gasteiger partial charge in [-0.25, -0.2) is 4.79 Å². The molecule has 1 heterocycles. The number of anilines is 1. The molecular formula is C11H11N5O2. The molecule has 92 valence electrons. The minimum Gasteiger partial charge on any atom is -0.478 e. The second-order valence-electron chi connectivity index (χ2n) is 4.30. The van der Waals surface area contributed by atoms with E-state index in [1.807, 2.05) is 0 Å². The van der Waals surface area contributed by atoms with Crippen LogP contribution in [0.2, 0.25) is 0 Å². The Morgan fingerprint density at radius 3 is 2.89 bits per heavy atom. The average molecular weight is 245 g/mol. The van der Waals surface area contributed by atoms with Crippen LogP contribution in [0, 0.1) is 0 Å². The number of nitrogens with zero attached hydrogens (tertiary/aromatic N) is 4. The van der Waals surface area contributed by atoms with Crippen molar-refractivity contribution in [3.05, 3.63) is 29.6 Å². The van der Waals surface area contributed by atoms with Crippen LogP contribution in [0.25, 0.3) is 5.69 Å². The number of aromatic carboxylic acids is 1. The Labute approximate surface area is 102 Å². The van der Waals surface area contributed by atoms with E-state index in [2.05, 4.69) is 15.5 Å². The Morgan fingerprint density at radius 2 is 2.22 bits per heavy atom. The molecule has 1 aliphatic carbocycles. The molecule has 18 heavy (non-hydrogen) atoms. The normalized spacial score (nSPS) is 14.7. The number of hydrogen-bond donors (Lipinski definition) is 2. The number of carboxylic acid groups (broad SMARTS) is 1. The van der Waals surface area contributed by atoms with Crippen molar-refractivity contribution in [2.75, 3.05) is 5.73 Å². The molecule has 1 fully saturated rings. The molecule has 1 aromatic carbocycles. The Morgan fingerprint density at radius 1 is 1.44 bits per heavy atom. The lowest BCUT2D eigenvalue weighted by Gasteiger charge is -2.08. The highest BCUT2D eigenvalue weighted by atomic mass is 16.4. The average Bonchev–Trinajstić information content (AvgIpc) is 3.06. The van der Waals surface area contributed by atoms with Crippen LogP contribution in [0.15, 0.2) is 18.2 Å². The van der Waals surface area contributed by atoms with E-state index in [0.29, 0.717) is 23.1 Å². The highest BCUT2D eigenvalue weighted by molar-refractivity contribution is 5.92. The molecule has 7 nitrogen and oxygen atoms in total. The number of rotatable bonds is 3. The number of carboxylic acids is 1. The summed E-state index contributed by atoms with van der Waals surface area (Å²) in [5.74, 6) is -0.00609. The molecular weight excluding hydrogens is 234 g/mol. The molecule has 2 aromatic rings. The van der Waals surface area contributed by atoms with Crippen molar-refractivity contribution in [2.24, 2.45) is 0 Å². The summed E-state index contributed by atoms with van der Waals surface area (Å²) in [5, 5.41) is 20.6. The summed E-state index contributed by atoms with van der Waals surface area (Å²) < 4.78 is 1.47. The second kappa shape index (κ2) is 3.80. The van der Waals surface area contributed by atoms with Gasteiger partial charge in [0, 0.05) is 11.6 Å². The van der Waals surface area contributed by atoms with Crippen LogP contribution in [-0.2, 0) is 0 Å². The largest absolute Gasteiger partial charge is 0.478 e. The molecule has 1 aliphatic rings. The molecule has 0 radical (unpaired) electrons. The van der Waals surface area contributed by atoms with Crippen LogP contribution in [0.1, 0.15) is 34.9 Å². The highest BCUT2D eigenvalue weighted by Gasteiger charge is 2.31. The van der Waals surface area contributed by atoms with Gasteiger partial charge in [0.05, 0.1) is 11.3 Å². The zero-order chi connectivity index (χ0) is 12.7. The lowest BCUT2D eigenvalue weighted by molar-refractivity contribution is 0.0696. The van der Waals surface area contributed by atoms with E-state index in [0.717, 1.165) is 12.8 Å². The van der Waals surface area contributed by atoms with Crippen LogP contribution >= 0.6 is 0 Å². The van der Waals surface area contributed by atoms with Gasteiger partial charge < -0.3 is 10.8 Å². The van der Waals surface area contributed by atoms with Gasteiger partial charge in [0.2, 0.25) is 0 Å². The maximum absolute atomic E-state index is 11.2. The summed E-state index contributed by atoms with van der Waals surface area (Å²) in [6.07, 6.45) is 2.07. The molecule has 0 spiro atoms. The predicted octanol–water partition coefficient (Wildman–Crippen LogP) is 0.820. The number of benzene rings is 1. The SMILES string of the molecule is Nc1ccc(C(=O)O)c(-n2nnnc2C2CC2)c1. The van der Waals surface area contributed by atoms with Crippen LogP contribution in [0.5, 0.6) is 0 Å². The van der Waals surface area contributed by atoms with E-state index in [9.17, 15) is 9.90 Å². The van der Waals surface area contributed by atoms with Crippen LogP contribution in [-0.4, -0.2) is 31.3 Å². The third kappa shape index (κ3) is 1.69. The van der Waals surface area contributed by atoms with Gasteiger partial charge in [-0.3, -0.25) is 0 Å². The number of carbonyl (C=O) groups is 1. The number of aromatic nitrogens is 4. The lowest BCUT2D eigenvalue weighted by atomic mass is 10.1. The molecule has 1 aromatic heterocycles. The molecule has 0 atom stereocenters. The maximum Gasteiger partial charge on any atom is 0.337 e. The van der Waals surface area contributed by atoms with Gasteiger partial charge in [-0.2, -0.15) is 4.68 Å². The summed E-state index contributed by atoms with van der Waals surface area (Å²) in [7, 11) is 0. The number of nitrogen functional groups attached to an aromatic ring is 1. The van der Waals surface area contributed by atoms with Gasteiger partial charge >= 0.3 is 5.97 Å². The molecule has 1 saturated carbocycles. The Hall–Kier alpha value is -2.44. The Balaban J connectivity index is 2.17. The molecule has 3 rings (SSSR count). The zero-order valence-corrected chi connectivity index (χ0v) is 9.45. The minimum absolute atomic E-state index is 0.137. The fourth-order valence-electron chi connectivity index (χ4n) is 1.87. The van der Waals surface area contributed by atoms with Crippen molar-refractivity contribution in [1.29, 1.82) is 0 Å². The van der Waals surface area contributed by atoms with Gasteiger partial charge in [0.1, 0.15) is 0 Å². The zero-order valence-electron chi connectivity index (χ0n) is 9.45. The molecule has 0 unspecified atom stereocenters. The van der Waals surface area contributed by atoms with E-state index in [1.165, 1.54) is 10.7 Å². The van der Waals surface area contributed by atoms with E-state index in [4.69, 9.17) is 5.73 Å². The summed E-state index contributed by atoms with van der Waals surface area (Å²) in [5.41, 5.74) is 6.73. The summed E-state index contributed by atoms with van der Waals surface area (Å²) in [6.45, 7) is 0. The predicted molar refractivity (Wildman–Crippen MR) is 62.5 cm³/mol.